The summed E-state index contributed by atoms with van der Waals surface area (Å²) in [5.41, 5.74) is 4.82. The number of nitrogens with zero attached hydrogens (tertiary/aromatic N) is 3. The molecule has 1 aliphatic heterocycles. The molecule has 0 bridgehead atoms. The van der Waals surface area contributed by atoms with Gasteiger partial charge in [0.25, 0.3) is 5.91 Å². The summed E-state index contributed by atoms with van der Waals surface area (Å²) in [4.78, 5) is 14.2. The van der Waals surface area contributed by atoms with E-state index in [4.69, 9.17) is 0 Å². The zero-order valence-electron chi connectivity index (χ0n) is 14.5. The minimum absolute atomic E-state index is 0.0122. The fourth-order valence-corrected chi connectivity index (χ4v) is 3.10. The Hall–Kier alpha value is -3.40. The van der Waals surface area contributed by atoms with Gasteiger partial charge in [-0.15, -0.1) is 0 Å². The maximum atomic E-state index is 12.0. The molecule has 3 aromatic rings. The Morgan fingerprint density at radius 1 is 0.769 bits per heavy atom. The molecular weight excluding hydrogens is 322 g/mol. The van der Waals surface area contributed by atoms with Crippen LogP contribution < -0.4 is 9.91 Å². The topological polar surface area (TPSA) is 35.9 Å². The number of hydrazone groups is 1. The molecule has 1 amide bonds. The lowest BCUT2D eigenvalue weighted by atomic mass is 10.2. The van der Waals surface area contributed by atoms with E-state index in [0.717, 1.165) is 28.5 Å². The highest BCUT2D eigenvalue weighted by molar-refractivity contribution is 6.12. The molecule has 1 heterocycles. The van der Waals surface area contributed by atoms with Crippen LogP contribution in [0.15, 0.2) is 90.0 Å². The third-order valence-electron chi connectivity index (χ3n) is 4.30. The second-order valence-corrected chi connectivity index (χ2v) is 6.24. The molecule has 0 aromatic heterocycles. The average molecular weight is 341 g/mol. The molecule has 3 aromatic carbocycles. The number of hydrogen-bond acceptors (Lipinski definition) is 3. The Bertz CT molecular complexity index is 895. The highest BCUT2D eigenvalue weighted by atomic mass is 16.2. The zero-order chi connectivity index (χ0) is 17.9. The molecule has 4 nitrogen and oxygen atoms in total. The lowest BCUT2D eigenvalue weighted by molar-refractivity contribution is -0.116. The summed E-state index contributed by atoms with van der Waals surface area (Å²) in [7, 11) is 0. The second kappa shape index (κ2) is 6.84. The number of carbonyl (C=O) groups is 1. The molecule has 0 saturated carbocycles. The van der Waals surface area contributed by atoms with E-state index in [1.807, 2.05) is 67.6 Å². The van der Waals surface area contributed by atoms with E-state index < -0.39 is 0 Å². The van der Waals surface area contributed by atoms with E-state index in [1.54, 1.807) is 0 Å². The van der Waals surface area contributed by atoms with Gasteiger partial charge in [0, 0.05) is 22.8 Å². The Morgan fingerprint density at radius 3 is 1.73 bits per heavy atom. The van der Waals surface area contributed by atoms with Crippen molar-refractivity contribution in [3.8, 4) is 0 Å². The number of rotatable bonds is 4. The lowest BCUT2D eigenvalue weighted by Gasteiger charge is -2.25. The van der Waals surface area contributed by atoms with E-state index in [1.165, 1.54) is 5.01 Å². The highest BCUT2D eigenvalue weighted by Gasteiger charge is 2.23. The summed E-state index contributed by atoms with van der Waals surface area (Å²) in [5, 5.41) is 5.80. The molecule has 0 saturated heterocycles. The Labute approximate surface area is 153 Å². The standard InChI is InChI=1S/C22H19N3O/c1-17-16-22(26)25(23-17)21-14-12-20(13-15-21)24(18-8-4-2-5-9-18)19-10-6-3-7-11-19/h2-15H,16H2,1H3. The molecule has 0 spiro atoms. The van der Waals surface area contributed by atoms with Crippen LogP contribution in [0.5, 0.6) is 0 Å². The van der Waals surface area contributed by atoms with Gasteiger partial charge >= 0.3 is 0 Å². The van der Waals surface area contributed by atoms with E-state index in [-0.39, 0.29) is 5.91 Å². The third kappa shape index (κ3) is 3.09. The fourth-order valence-electron chi connectivity index (χ4n) is 3.10. The highest BCUT2D eigenvalue weighted by Crippen LogP contribution is 2.35. The van der Waals surface area contributed by atoms with Crippen molar-refractivity contribution in [3.05, 3.63) is 84.9 Å². The van der Waals surface area contributed by atoms with Gasteiger partial charge in [0.1, 0.15) is 0 Å². The molecule has 0 atom stereocenters. The van der Waals surface area contributed by atoms with Crippen molar-refractivity contribution >= 4 is 34.4 Å². The number of benzene rings is 3. The summed E-state index contributed by atoms with van der Waals surface area (Å²) in [6, 6.07) is 28.4. The smallest absolute Gasteiger partial charge is 0.253 e. The van der Waals surface area contributed by atoms with Crippen LogP contribution in [0.1, 0.15) is 13.3 Å². The van der Waals surface area contributed by atoms with Crippen LogP contribution in [-0.2, 0) is 4.79 Å². The molecular formula is C22H19N3O. The van der Waals surface area contributed by atoms with Crippen molar-refractivity contribution in [1.29, 1.82) is 0 Å². The summed E-state index contributed by atoms with van der Waals surface area (Å²) >= 11 is 0. The zero-order valence-corrected chi connectivity index (χ0v) is 14.5. The first-order valence-corrected chi connectivity index (χ1v) is 8.60. The molecule has 4 heteroatoms. The molecule has 128 valence electrons. The first-order chi connectivity index (χ1) is 12.7. The number of anilines is 4. The molecule has 26 heavy (non-hydrogen) atoms. The number of amides is 1. The Kier molecular flexibility index (Phi) is 4.23. The van der Waals surface area contributed by atoms with E-state index in [9.17, 15) is 4.79 Å². The van der Waals surface area contributed by atoms with Gasteiger partial charge in [0.05, 0.1) is 12.1 Å². The van der Waals surface area contributed by atoms with Crippen molar-refractivity contribution in [2.75, 3.05) is 9.91 Å². The monoisotopic (exact) mass is 341 g/mol. The van der Waals surface area contributed by atoms with E-state index in [0.29, 0.717) is 6.42 Å². The molecule has 1 aliphatic rings. The van der Waals surface area contributed by atoms with Crippen LogP contribution in [0.2, 0.25) is 0 Å². The molecule has 0 aliphatic carbocycles. The van der Waals surface area contributed by atoms with E-state index in [2.05, 4.69) is 34.3 Å². The number of carbonyl (C=O) groups excluding carboxylic acids is 1. The van der Waals surface area contributed by atoms with Crippen LogP contribution in [-0.4, -0.2) is 11.6 Å². The molecule has 4 rings (SSSR count). The van der Waals surface area contributed by atoms with Crippen molar-refractivity contribution in [1.82, 2.24) is 0 Å². The minimum Gasteiger partial charge on any atom is -0.311 e. The van der Waals surface area contributed by atoms with Crippen molar-refractivity contribution in [2.45, 2.75) is 13.3 Å². The SMILES string of the molecule is CC1=NN(c2ccc(N(c3ccccc3)c3ccccc3)cc2)C(=O)C1. The van der Waals surface area contributed by atoms with Gasteiger partial charge in [-0.05, 0) is 55.5 Å². The minimum atomic E-state index is 0.0122. The van der Waals surface area contributed by atoms with Gasteiger partial charge in [0.2, 0.25) is 0 Å². The predicted octanol–water partition coefficient (Wildman–Crippen LogP) is 5.27. The van der Waals surface area contributed by atoms with Crippen molar-refractivity contribution < 1.29 is 4.79 Å². The third-order valence-corrected chi connectivity index (χ3v) is 4.30. The second-order valence-electron chi connectivity index (χ2n) is 6.24. The summed E-state index contributed by atoms with van der Waals surface area (Å²) in [5.74, 6) is 0.0122. The first kappa shape index (κ1) is 16.1. The van der Waals surface area contributed by atoms with Gasteiger partial charge in [-0.25, -0.2) is 5.01 Å². The first-order valence-electron chi connectivity index (χ1n) is 8.60. The largest absolute Gasteiger partial charge is 0.311 e. The maximum Gasteiger partial charge on any atom is 0.253 e. The van der Waals surface area contributed by atoms with Gasteiger partial charge in [-0.1, -0.05) is 36.4 Å². The van der Waals surface area contributed by atoms with Gasteiger partial charge in [-0.3, -0.25) is 4.79 Å². The molecule has 0 N–H and O–H groups in total. The lowest BCUT2D eigenvalue weighted by Crippen LogP contribution is -2.19. The van der Waals surface area contributed by atoms with Crippen LogP contribution in [0.25, 0.3) is 0 Å². The Morgan fingerprint density at radius 2 is 1.27 bits per heavy atom. The average Bonchev–Trinajstić information content (AvgIpc) is 3.02. The van der Waals surface area contributed by atoms with Crippen LogP contribution in [0.4, 0.5) is 22.7 Å². The van der Waals surface area contributed by atoms with Crippen molar-refractivity contribution in [3.63, 3.8) is 0 Å². The van der Waals surface area contributed by atoms with E-state index >= 15 is 0 Å². The molecule has 0 fully saturated rings. The van der Waals surface area contributed by atoms with Crippen molar-refractivity contribution in [2.24, 2.45) is 5.10 Å². The van der Waals surface area contributed by atoms with Crippen LogP contribution in [0, 0.1) is 0 Å². The van der Waals surface area contributed by atoms with Gasteiger partial charge in [0.15, 0.2) is 0 Å². The quantitative estimate of drug-likeness (QED) is 0.648. The Balaban J connectivity index is 1.72. The van der Waals surface area contributed by atoms with Crippen LogP contribution in [0.3, 0.4) is 0 Å². The van der Waals surface area contributed by atoms with Crippen LogP contribution >= 0.6 is 0 Å². The van der Waals surface area contributed by atoms with Gasteiger partial charge in [-0.2, -0.15) is 5.10 Å². The predicted molar refractivity (Wildman–Crippen MR) is 106 cm³/mol. The molecule has 0 radical (unpaired) electrons. The summed E-state index contributed by atoms with van der Waals surface area (Å²) < 4.78 is 0. The number of para-hydroxylation sites is 2. The van der Waals surface area contributed by atoms with Gasteiger partial charge < -0.3 is 4.90 Å². The number of hydrogen-bond donors (Lipinski definition) is 0. The summed E-state index contributed by atoms with van der Waals surface area (Å²) in [6.07, 6.45) is 0.391. The molecule has 0 unspecified atom stereocenters. The normalized spacial score (nSPS) is 13.7. The fraction of sp³-hybridized carbons (Fsp3) is 0.0909. The summed E-state index contributed by atoms with van der Waals surface area (Å²) in [6.45, 7) is 1.87. The maximum absolute atomic E-state index is 12.0.